The molecule has 0 saturated carbocycles. The van der Waals surface area contributed by atoms with Crippen molar-refractivity contribution in [1.82, 2.24) is 9.88 Å². The predicted octanol–water partition coefficient (Wildman–Crippen LogP) is 3.41. The van der Waals surface area contributed by atoms with Crippen molar-refractivity contribution in [2.24, 2.45) is 0 Å². The number of amides is 3. The number of anilines is 1. The van der Waals surface area contributed by atoms with E-state index in [1.165, 1.54) is 12.3 Å². The van der Waals surface area contributed by atoms with Crippen molar-refractivity contribution >= 4 is 52.3 Å². The Morgan fingerprint density at radius 3 is 2.64 bits per heavy atom. The van der Waals surface area contributed by atoms with Crippen molar-refractivity contribution in [2.45, 2.75) is 0 Å². The Hall–Kier alpha value is -2.64. The van der Waals surface area contributed by atoms with Crippen LogP contribution in [0.25, 0.3) is 6.08 Å². The summed E-state index contributed by atoms with van der Waals surface area (Å²) in [6, 6.07) is 12.3. The van der Waals surface area contributed by atoms with Crippen LogP contribution in [0.3, 0.4) is 0 Å². The molecule has 3 rings (SSSR count). The third kappa shape index (κ3) is 4.26. The van der Waals surface area contributed by atoms with Crippen molar-refractivity contribution in [2.75, 3.05) is 11.9 Å². The highest BCUT2D eigenvalue weighted by molar-refractivity contribution is 8.18. The molecule has 1 aromatic carbocycles. The molecule has 25 heavy (non-hydrogen) atoms. The third-order valence-electron chi connectivity index (χ3n) is 3.27. The van der Waals surface area contributed by atoms with E-state index in [0.29, 0.717) is 10.8 Å². The molecular formula is C17H12ClN3O3S. The fourth-order valence-electron chi connectivity index (χ4n) is 2.11. The van der Waals surface area contributed by atoms with Crippen LogP contribution in [0.1, 0.15) is 5.56 Å². The van der Waals surface area contributed by atoms with E-state index < -0.39 is 17.1 Å². The lowest BCUT2D eigenvalue weighted by Gasteiger charge is -2.12. The zero-order valence-corrected chi connectivity index (χ0v) is 14.4. The minimum Gasteiger partial charge on any atom is -0.309 e. The van der Waals surface area contributed by atoms with Crippen molar-refractivity contribution in [3.05, 3.63) is 64.2 Å². The molecule has 3 amide bonds. The van der Waals surface area contributed by atoms with Gasteiger partial charge < -0.3 is 5.32 Å². The number of benzene rings is 1. The first-order valence-electron chi connectivity index (χ1n) is 7.25. The monoisotopic (exact) mass is 373 g/mol. The number of carbonyl (C=O) groups is 3. The molecule has 126 valence electrons. The summed E-state index contributed by atoms with van der Waals surface area (Å²) in [5.74, 6) is -0.711. The largest absolute Gasteiger partial charge is 0.309 e. The number of imide groups is 1. The molecule has 0 unspecified atom stereocenters. The van der Waals surface area contributed by atoms with Crippen LogP contribution in [0.15, 0.2) is 53.6 Å². The Balaban J connectivity index is 1.67. The third-order valence-corrected chi connectivity index (χ3v) is 4.40. The summed E-state index contributed by atoms with van der Waals surface area (Å²) in [5.41, 5.74) is 0.808. The van der Waals surface area contributed by atoms with E-state index in [1.54, 1.807) is 12.1 Å². The molecule has 1 fully saturated rings. The zero-order chi connectivity index (χ0) is 17.8. The number of carbonyl (C=O) groups excluding carboxylic acids is 3. The van der Waals surface area contributed by atoms with Gasteiger partial charge in [-0.15, -0.1) is 0 Å². The van der Waals surface area contributed by atoms with Crippen LogP contribution in [0.5, 0.6) is 0 Å². The van der Waals surface area contributed by atoms with Crippen LogP contribution in [0.2, 0.25) is 5.02 Å². The maximum Gasteiger partial charge on any atom is 0.294 e. The standard InChI is InChI=1S/C17H12ClN3O3S/c18-12-6-7-14(19-9-12)20-15(22)10-21-16(23)13(25-17(21)24)8-11-4-2-1-3-5-11/h1-9H,10H2,(H,19,20,22)/b13-8+. The molecule has 1 aromatic heterocycles. The second-order valence-corrected chi connectivity index (χ2v) is 6.52. The molecule has 1 saturated heterocycles. The predicted molar refractivity (Wildman–Crippen MR) is 97.0 cm³/mol. The number of nitrogens with zero attached hydrogens (tertiary/aromatic N) is 2. The topological polar surface area (TPSA) is 79.4 Å². The van der Waals surface area contributed by atoms with Crippen molar-refractivity contribution < 1.29 is 14.4 Å². The van der Waals surface area contributed by atoms with Gasteiger partial charge in [0.05, 0.1) is 9.93 Å². The Kier molecular flexibility index (Phi) is 5.16. The first-order chi connectivity index (χ1) is 12.0. The molecule has 1 N–H and O–H groups in total. The molecular weight excluding hydrogens is 362 g/mol. The number of hydrogen-bond donors (Lipinski definition) is 1. The summed E-state index contributed by atoms with van der Waals surface area (Å²) < 4.78 is 0. The van der Waals surface area contributed by atoms with Gasteiger partial charge in [-0.2, -0.15) is 0 Å². The van der Waals surface area contributed by atoms with E-state index in [9.17, 15) is 14.4 Å². The summed E-state index contributed by atoms with van der Waals surface area (Å²) >= 11 is 6.54. The number of thioether (sulfide) groups is 1. The zero-order valence-electron chi connectivity index (χ0n) is 12.8. The number of hydrogen-bond acceptors (Lipinski definition) is 5. The lowest BCUT2D eigenvalue weighted by molar-refractivity contribution is -0.127. The Morgan fingerprint density at radius 1 is 1.20 bits per heavy atom. The number of halogens is 1. The number of pyridine rings is 1. The minimum atomic E-state index is -0.516. The normalized spacial score (nSPS) is 15.7. The maximum atomic E-state index is 12.4. The van der Waals surface area contributed by atoms with Gasteiger partial charge >= 0.3 is 0 Å². The van der Waals surface area contributed by atoms with Crippen LogP contribution in [0.4, 0.5) is 10.6 Å². The molecule has 0 atom stereocenters. The van der Waals surface area contributed by atoms with Gasteiger partial charge in [-0.05, 0) is 35.5 Å². The molecule has 8 heteroatoms. The maximum absolute atomic E-state index is 12.4. The highest BCUT2D eigenvalue weighted by Crippen LogP contribution is 2.32. The van der Waals surface area contributed by atoms with E-state index in [-0.39, 0.29) is 11.4 Å². The lowest BCUT2D eigenvalue weighted by atomic mass is 10.2. The quantitative estimate of drug-likeness (QED) is 0.831. The molecule has 0 bridgehead atoms. The van der Waals surface area contributed by atoms with E-state index in [4.69, 9.17) is 11.6 Å². The van der Waals surface area contributed by atoms with Crippen molar-refractivity contribution in [3.63, 3.8) is 0 Å². The van der Waals surface area contributed by atoms with Gasteiger partial charge in [0.25, 0.3) is 11.1 Å². The van der Waals surface area contributed by atoms with E-state index in [2.05, 4.69) is 10.3 Å². The average molecular weight is 374 g/mol. The van der Waals surface area contributed by atoms with Crippen molar-refractivity contribution in [3.8, 4) is 0 Å². The summed E-state index contributed by atoms with van der Waals surface area (Å²) in [7, 11) is 0. The first-order valence-corrected chi connectivity index (χ1v) is 8.44. The first kappa shape index (κ1) is 17.2. The fourth-order valence-corrected chi connectivity index (χ4v) is 3.06. The van der Waals surface area contributed by atoms with Crippen LogP contribution in [0, 0.1) is 0 Å². The summed E-state index contributed by atoms with van der Waals surface area (Å²) in [6.45, 7) is -0.374. The van der Waals surface area contributed by atoms with Gasteiger partial charge in [0.2, 0.25) is 5.91 Å². The molecule has 0 spiro atoms. The molecule has 2 aromatic rings. The van der Waals surface area contributed by atoms with E-state index >= 15 is 0 Å². The van der Waals surface area contributed by atoms with Gasteiger partial charge in [-0.1, -0.05) is 41.9 Å². The van der Waals surface area contributed by atoms with Gasteiger partial charge in [0, 0.05) is 6.20 Å². The highest BCUT2D eigenvalue weighted by Gasteiger charge is 2.36. The number of nitrogens with one attached hydrogen (secondary N) is 1. The number of rotatable bonds is 4. The van der Waals surface area contributed by atoms with Crippen LogP contribution in [-0.4, -0.2) is 33.5 Å². The number of aromatic nitrogens is 1. The SMILES string of the molecule is O=C(CN1C(=O)S/C(=C/c2ccccc2)C1=O)Nc1ccc(Cl)cn1. The molecule has 1 aliphatic rings. The average Bonchev–Trinajstić information content (AvgIpc) is 2.85. The van der Waals surface area contributed by atoms with Gasteiger partial charge in [-0.25, -0.2) is 4.98 Å². The Labute approximate surface area is 152 Å². The summed E-state index contributed by atoms with van der Waals surface area (Å²) in [4.78, 5) is 41.6. The fraction of sp³-hybridized carbons (Fsp3) is 0.0588. The Bertz CT molecular complexity index is 853. The summed E-state index contributed by atoms with van der Waals surface area (Å²) in [5, 5.41) is 2.48. The molecule has 1 aliphatic heterocycles. The molecule has 0 aliphatic carbocycles. The van der Waals surface area contributed by atoms with Crippen molar-refractivity contribution in [1.29, 1.82) is 0 Å². The lowest BCUT2D eigenvalue weighted by Crippen LogP contribution is -2.36. The summed E-state index contributed by atoms with van der Waals surface area (Å²) in [6.07, 6.45) is 3.02. The molecule has 6 nitrogen and oxygen atoms in total. The highest BCUT2D eigenvalue weighted by atomic mass is 35.5. The minimum absolute atomic E-state index is 0.286. The smallest absolute Gasteiger partial charge is 0.294 e. The Morgan fingerprint density at radius 2 is 1.96 bits per heavy atom. The van der Waals surface area contributed by atoms with Gasteiger partial charge in [0.15, 0.2) is 0 Å². The van der Waals surface area contributed by atoms with E-state index in [1.807, 2.05) is 30.3 Å². The van der Waals surface area contributed by atoms with E-state index in [0.717, 1.165) is 22.2 Å². The second kappa shape index (κ2) is 7.50. The van der Waals surface area contributed by atoms with Crippen LogP contribution >= 0.6 is 23.4 Å². The van der Waals surface area contributed by atoms with Crippen LogP contribution in [-0.2, 0) is 9.59 Å². The second-order valence-electron chi connectivity index (χ2n) is 5.09. The molecule has 2 heterocycles. The van der Waals surface area contributed by atoms with Crippen LogP contribution < -0.4 is 5.32 Å². The molecule has 0 radical (unpaired) electrons. The van der Waals surface area contributed by atoms with Gasteiger partial charge in [-0.3, -0.25) is 19.3 Å². The van der Waals surface area contributed by atoms with Gasteiger partial charge in [0.1, 0.15) is 12.4 Å².